The van der Waals surface area contributed by atoms with Crippen molar-refractivity contribution < 1.29 is 14.6 Å². The van der Waals surface area contributed by atoms with Crippen LogP contribution in [0.25, 0.3) is 0 Å². The number of carboxylic acids is 1. The minimum atomic E-state index is -1.80. The van der Waals surface area contributed by atoms with Crippen LogP contribution in [0.15, 0.2) is 0 Å². The van der Waals surface area contributed by atoms with Gasteiger partial charge in [0.2, 0.25) is 0 Å². The lowest BCUT2D eigenvalue weighted by molar-refractivity contribution is -0.148. The molecule has 0 aromatic rings. The summed E-state index contributed by atoms with van der Waals surface area (Å²) >= 11 is 0. The smallest absolute Gasteiger partial charge is 0.341 e. The number of carboxylic acid groups (broad SMARTS) is 1. The molecule has 0 saturated carbocycles. The first-order chi connectivity index (χ1) is 4.42. The SMILES string of the molecule is COC(C)C(N)(N)C(=O)O. The largest absolute Gasteiger partial charge is 0.479 e. The lowest BCUT2D eigenvalue weighted by Crippen LogP contribution is -2.64. The third-order valence-corrected chi connectivity index (χ3v) is 1.40. The highest BCUT2D eigenvalue weighted by molar-refractivity contribution is 5.78. The van der Waals surface area contributed by atoms with Crippen molar-refractivity contribution in [2.45, 2.75) is 18.7 Å². The Hall–Kier alpha value is -0.650. The van der Waals surface area contributed by atoms with Crippen LogP contribution >= 0.6 is 0 Å². The Kier molecular flexibility index (Phi) is 2.77. The van der Waals surface area contributed by atoms with Crippen molar-refractivity contribution in [3.05, 3.63) is 0 Å². The van der Waals surface area contributed by atoms with Gasteiger partial charge in [-0.15, -0.1) is 0 Å². The van der Waals surface area contributed by atoms with Crippen LogP contribution in [0.2, 0.25) is 0 Å². The van der Waals surface area contributed by atoms with Gasteiger partial charge in [-0.2, -0.15) is 0 Å². The van der Waals surface area contributed by atoms with E-state index in [0.717, 1.165) is 0 Å². The highest BCUT2D eigenvalue weighted by atomic mass is 16.5. The van der Waals surface area contributed by atoms with E-state index < -0.39 is 17.7 Å². The second-order valence-electron chi connectivity index (χ2n) is 2.12. The summed E-state index contributed by atoms with van der Waals surface area (Å²) in [6.07, 6.45) is -0.704. The fraction of sp³-hybridized carbons (Fsp3) is 0.800. The van der Waals surface area contributed by atoms with Crippen molar-refractivity contribution in [3.63, 3.8) is 0 Å². The molecule has 0 aliphatic heterocycles. The van der Waals surface area contributed by atoms with Crippen LogP contribution in [0.5, 0.6) is 0 Å². The fourth-order valence-corrected chi connectivity index (χ4v) is 0.369. The first-order valence-corrected chi connectivity index (χ1v) is 2.77. The molecule has 0 saturated heterocycles. The zero-order chi connectivity index (χ0) is 8.36. The maximum absolute atomic E-state index is 10.3. The summed E-state index contributed by atoms with van der Waals surface area (Å²) in [5.41, 5.74) is 8.54. The van der Waals surface area contributed by atoms with Gasteiger partial charge in [0.25, 0.3) is 0 Å². The van der Waals surface area contributed by atoms with Gasteiger partial charge in [0.15, 0.2) is 5.66 Å². The van der Waals surface area contributed by atoms with Crippen molar-refractivity contribution >= 4 is 5.97 Å². The van der Waals surface area contributed by atoms with Gasteiger partial charge >= 0.3 is 5.97 Å². The van der Waals surface area contributed by atoms with Gasteiger partial charge < -0.3 is 21.3 Å². The molecule has 0 spiro atoms. The lowest BCUT2D eigenvalue weighted by Gasteiger charge is -2.24. The minimum absolute atomic E-state index is 0.704. The van der Waals surface area contributed by atoms with Gasteiger partial charge in [0, 0.05) is 7.11 Å². The zero-order valence-electron chi connectivity index (χ0n) is 6.00. The van der Waals surface area contributed by atoms with E-state index in [2.05, 4.69) is 4.74 Å². The number of aliphatic carboxylic acids is 1. The number of ether oxygens (including phenoxy) is 1. The van der Waals surface area contributed by atoms with Crippen LogP contribution in [0, 0.1) is 0 Å². The molecule has 0 amide bonds. The Morgan fingerprint density at radius 3 is 2.20 bits per heavy atom. The van der Waals surface area contributed by atoms with E-state index in [4.69, 9.17) is 16.6 Å². The standard InChI is InChI=1S/C5H12N2O3/c1-3(10-2)5(6,7)4(8)9/h3H,6-7H2,1-2H3,(H,8,9). The number of methoxy groups -OCH3 is 1. The van der Waals surface area contributed by atoms with Gasteiger partial charge in [-0.1, -0.05) is 0 Å². The molecule has 0 rings (SSSR count). The monoisotopic (exact) mass is 148 g/mol. The Bertz CT molecular complexity index is 135. The first kappa shape index (κ1) is 9.35. The summed E-state index contributed by atoms with van der Waals surface area (Å²) in [6.45, 7) is 1.49. The molecular formula is C5H12N2O3. The molecule has 0 aromatic heterocycles. The third kappa shape index (κ3) is 1.66. The topological polar surface area (TPSA) is 98.6 Å². The number of hydrogen-bond donors (Lipinski definition) is 3. The van der Waals surface area contributed by atoms with Crippen molar-refractivity contribution in [1.29, 1.82) is 0 Å². The molecule has 0 fully saturated rings. The molecule has 0 radical (unpaired) electrons. The Morgan fingerprint density at radius 2 is 2.10 bits per heavy atom. The van der Waals surface area contributed by atoms with Crippen molar-refractivity contribution in [2.24, 2.45) is 11.5 Å². The summed E-state index contributed by atoms with van der Waals surface area (Å²) < 4.78 is 4.65. The first-order valence-electron chi connectivity index (χ1n) is 2.77. The highest BCUT2D eigenvalue weighted by Crippen LogP contribution is 2.01. The van der Waals surface area contributed by atoms with E-state index in [0.29, 0.717) is 0 Å². The second-order valence-corrected chi connectivity index (χ2v) is 2.12. The number of nitrogens with two attached hydrogens (primary N) is 2. The normalized spacial score (nSPS) is 14.8. The van der Waals surface area contributed by atoms with Crippen molar-refractivity contribution in [3.8, 4) is 0 Å². The third-order valence-electron chi connectivity index (χ3n) is 1.40. The molecule has 0 aliphatic carbocycles. The van der Waals surface area contributed by atoms with E-state index in [1.807, 2.05) is 0 Å². The molecule has 0 bridgehead atoms. The zero-order valence-corrected chi connectivity index (χ0v) is 6.00. The van der Waals surface area contributed by atoms with E-state index in [1.165, 1.54) is 14.0 Å². The second kappa shape index (κ2) is 2.96. The predicted octanol–water partition coefficient (Wildman–Crippen LogP) is -1.28. The molecule has 0 heterocycles. The van der Waals surface area contributed by atoms with Crippen LogP contribution in [0.3, 0.4) is 0 Å². The van der Waals surface area contributed by atoms with Crippen molar-refractivity contribution in [2.75, 3.05) is 7.11 Å². The molecule has 1 atom stereocenters. The summed E-state index contributed by atoms with van der Waals surface area (Å²) in [7, 11) is 1.35. The summed E-state index contributed by atoms with van der Waals surface area (Å²) in [5.74, 6) is -1.28. The fourth-order valence-electron chi connectivity index (χ4n) is 0.369. The molecule has 5 heteroatoms. The average molecular weight is 148 g/mol. The highest BCUT2D eigenvalue weighted by Gasteiger charge is 2.35. The van der Waals surface area contributed by atoms with Gasteiger partial charge in [-0.25, -0.2) is 4.79 Å². The van der Waals surface area contributed by atoms with Gasteiger partial charge in [-0.05, 0) is 6.92 Å². The average Bonchev–Trinajstić information content (AvgIpc) is 1.86. The Morgan fingerprint density at radius 1 is 1.70 bits per heavy atom. The van der Waals surface area contributed by atoms with Crippen LogP contribution in [0.1, 0.15) is 6.92 Å². The summed E-state index contributed by atoms with van der Waals surface area (Å²) in [6, 6.07) is 0. The van der Waals surface area contributed by atoms with E-state index in [9.17, 15) is 4.79 Å². The lowest BCUT2D eigenvalue weighted by atomic mass is 10.1. The van der Waals surface area contributed by atoms with Gasteiger partial charge in [0.05, 0.1) is 6.10 Å². The van der Waals surface area contributed by atoms with Crippen LogP contribution < -0.4 is 11.5 Å². The molecular weight excluding hydrogens is 136 g/mol. The van der Waals surface area contributed by atoms with Gasteiger partial charge in [0.1, 0.15) is 0 Å². The van der Waals surface area contributed by atoms with Gasteiger partial charge in [-0.3, -0.25) is 0 Å². The van der Waals surface area contributed by atoms with Crippen LogP contribution in [-0.4, -0.2) is 30.0 Å². The number of carbonyl (C=O) groups is 1. The quantitative estimate of drug-likeness (QED) is 0.433. The van der Waals surface area contributed by atoms with E-state index in [-0.39, 0.29) is 0 Å². The molecule has 5 nitrogen and oxygen atoms in total. The van der Waals surface area contributed by atoms with Crippen molar-refractivity contribution in [1.82, 2.24) is 0 Å². The molecule has 0 aliphatic rings. The van der Waals surface area contributed by atoms with E-state index >= 15 is 0 Å². The van der Waals surface area contributed by atoms with Crippen LogP contribution in [-0.2, 0) is 9.53 Å². The molecule has 0 aromatic carbocycles. The predicted molar refractivity (Wildman–Crippen MR) is 35.2 cm³/mol. The Balaban J connectivity index is 4.23. The molecule has 10 heavy (non-hydrogen) atoms. The minimum Gasteiger partial charge on any atom is -0.479 e. The number of rotatable bonds is 3. The van der Waals surface area contributed by atoms with E-state index in [1.54, 1.807) is 0 Å². The Labute approximate surface area is 58.9 Å². The maximum atomic E-state index is 10.3. The summed E-state index contributed by atoms with van der Waals surface area (Å²) in [4.78, 5) is 10.3. The summed E-state index contributed by atoms with van der Waals surface area (Å²) in [5, 5.41) is 8.41. The maximum Gasteiger partial charge on any atom is 0.341 e. The molecule has 5 N–H and O–H groups in total. The molecule has 1 unspecified atom stereocenters. The van der Waals surface area contributed by atoms with Crippen LogP contribution in [0.4, 0.5) is 0 Å². The number of hydrogen-bond acceptors (Lipinski definition) is 4. The molecule has 60 valence electrons.